The second-order valence-electron chi connectivity index (χ2n) is 4.08. The van der Waals surface area contributed by atoms with Gasteiger partial charge in [0.25, 0.3) is 15.3 Å². The summed E-state index contributed by atoms with van der Waals surface area (Å²) in [7, 11) is -0.981. The van der Waals surface area contributed by atoms with Gasteiger partial charge in [-0.15, -0.1) is 0 Å². The number of ether oxygens (including phenoxy) is 1. The van der Waals surface area contributed by atoms with Crippen molar-refractivity contribution in [3.63, 3.8) is 0 Å². The van der Waals surface area contributed by atoms with Gasteiger partial charge in [0, 0.05) is 11.6 Å². The molecule has 0 amide bonds. The maximum absolute atomic E-state index is 12.6. The van der Waals surface area contributed by atoms with Gasteiger partial charge in [-0.3, -0.25) is 4.65 Å². The van der Waals surface area contributed by atoms with Crippen molar-refractivity contribution in [1.29, 1.82) is 0 Å². The van der Waals surface area contributed by atoms with Crippen molar-refractivity contribution in [1.82, 2.24) is 0 Å². The highest BCUT2D eigenvalue weighted by atomic mass is 32.2. The molecule has 1 heterocycles. The van der Waals surface area contributed by atoms with E-state index in [1.54, 1.807) is 37.5 Å². The average molecular weight is 279 g/mol. The van der Waals surface area contributed by atoms with Crippen LogP contribution in [0.2, 0.25) is 0 Å². The Bertz CT molecular complexity index is 650. The number of hydrogen-bond acceptors (Lipinski definition) is 4. The Hall–Kier alpha value is -1.89. The van der Waals surface area contributed by atoms with E-state index in [1.165, 1.54) is 18.4 Å². The van der Waals surface area contributed by atoms with Gasteiger partial charge in [0.2, 0.25) is 0 Å². The third kappa shape index (κ3) is 2.93. The molecule has 0 radical (unpaired) electrons. The lowest BCUT2D eigenvalue weighted by molar-refractivity contribution is -0.744. The first-order chi connectivity index (χ1) is 9.05. The first kappa shape index (κ1) is 13.5. The molecule has 100 valence electrons. The summed E-state index contributed by atoms with van der Waals surface area (Å²) in [5.41, 5.74) is 0.735. The van der Waals surface area contributed by atoms with Gasteiger partial charge in [0.1, 0.15) is 18.5 Å². The Morgan fingerprint density at radius 3 is 2.47 bits per heavy atom. The number of methoxy groups -OCH3 is 1. The molecule has 6 heteroatoms. The predicted octanol–water partition coefficient (Wildman–Crippen LogP) is 1.60. The number of hydroxylamine groups is 3. The van der Waals surface area contributed by atoms with E-state index < -0.39 is 14.9 Å². The van der Waals surface area contributed by atoms with E-state index in [9.17, 15) is 13.6 Å². The highest BCUT2D eigenvalue weighted by Crippen LogP contribution is 2.20. The molecule has 1 aliphatic heterocycles. The fraction of sp³-hybridized carbons (Fsp3) is 0.154. The molecule has 0 spiro atoms. The molecule has 5 nitrogen and oxygen atoms in total. The molecule has 0 saturated heterocycles. The summed E-state index contributed by atoms with van der Waals surface area (Å²) in [6, 6.07) is 6.96. The largest absolute Gasteiger partial charge is 0.621 e. The predicted molar refractivity (Wildman–Crippen MR) is 72.5 cm³/mol. The molecule has 1 unspecified atom stereocenters. The van der Waals surface area contributed by atoms with Gasteiger partial charge in [0.05, 0.1) is 7.11 Å². The van der Waals surface area contributed by atoms with Gasteiger partial charge < -0.3 is 9.94 Å². The molecular weight excluding hydrogens is 266 g/mol. The van der Waals surface area contributed by atoms with Gasteiger partial charge in [-0.25, -0.2) is 0 Å². The monoisotopic (exact) mass is 279 g/mol. The topological polar surface area (TPSA) is 66.4 Å². The summed E-state index contributed by atoms with van der Waals surface area (Å²) >= 11 is 0. The van der Waals surface area contributed by atoms with Crippen molar-refractivity contribution in [2.45, 2.75) is 6.54 Å². The lowest BCUT2D eigenvalue weighted by atomic mass is 10.2. The number of allylic oxidation sites excluding steroid dienone is 2. The van der Waals surface area contributed by atoms with Crippen LogP contribution >= 0.6 is 0 Å². The fourth-order valence-corrected chi connectivity index (χ4v) is 2.41. The van der Waals surface area contributed by atoms with Crippen molar-refractivity contribution in [3.8, 4) is 5.75 Å². The number of hydrogen-bond donors (Lipinski definition) is 0. The lowest BCUT2D eigenvalue weighted by Gasteiger charge is -2.37. The SMILES string of the molecule is COc1ccc(C[N+]2([O-])C=CC=CC2=S(=O)=O)cc1. The Labute approximate surface area is 112 Å². The minimum absolute atomic E-state index is 0.0220. The molecule has 2 rings (SSSR count). The molecule has 1 aromatic rings. The maximum Gasteiger partial charge on any atom is 0.277 e. The van der Waals surface area contributed by atoms with E-state index in [0.29, 0.717) is 5.75 Å². The standard InChI is InChI=1S/C13H13NO4S/c1-18-12-7-5-11(6-8-12)10-14(15)9-3-2-4-13(14)19(16)17/h2-9H,10H2,1H3. The second-order valence-corrected chi connectivity index (χ2v) is 4.96. The molecule has 1 atom stereocenters. The van der Waals surface area contributed by atoms with E-state index in [-0.39, 0.29) is 11.5 Å². The van der Waals surface area contributed by atoms with Crippen LogP contribution in [0.25, 0.3) is 0 Å². The van der Waals surface area contributed by atoms with E-state index in [2.05, 4.69) is 0 Å². The van der Waals surface area contributed by atoms with E-state index >= 15 is 0 Å². The van der Waals surface area contributed by atoms with Crippen LogP contribution < -0.4 is 4.74 Å². The second kappa shape index (κ2) is 5.40. The number of nitrogens with zero attached hydrogens (tertiary/aromatic N) is 1. The van der Waals surface area contributed by atoms with Crippen molar-refractivity contribution in [3.05, 3.63) is 59.5 Å². The lowest BCUT2D eigenvalue weighted by Crippen LogP contribution is -2.42. The van der Waals surface area contributed by atoms with Gasteiger partial charge in [-0.1, -0.05) is 0 Å². The van der Waals surface area contributed by atoms with Crippen molar-refractivity contribution >= 4 is 15.3 Å². The highest BCUT2D eigenvalue weighted by molar-refractivity contribution is 7.72. The van der Waals surface area contributed by atoms with Crippen LogP contribution in [0.1, 0.15) is 5.56 Å². The summed E-state index contributed by atoms with van der Waals surface area (Å²) in [4.78, 5) is -0.196. The first-order valence-electron chi connectivity index (χ1n) is 5.59. The van der Waals surface area contributed by atoms with Crippen LogP contribution in [0.5, 0.6) is 5.75 Å². The number of quaternary nitrogens is 1. The molecule has 0 saturated carbocycles. The number of benzene rings is 1. The fourth-order valence-electron chi connectivity index (χ4n) is 1.84. The average Bonchev–Trinajstić information content (AvgIpc) is 2.39. The Balaban J connectivity index is 2.32. The molecule has 0 bridgehead atoms. The van der Waals surface area contributed by atoms with Crippen molar-refractivity contribution in [2.24, 2.45) is 0 Å². The van der Waals surface area contributed by atoms with E-state index in [0.717, 1.165) is 5.56 Å². The summed E-state index contributed by atoms with van der Waals surface area (Å²) in [6.45, 7) is 0.0220. The Kier molecular flexibility index (Phi) is 3.84. The molecule has 0 N–H and O–H groups in total. The minimum atomic E-state index is -2.54. The number of rotatable bonds is 3. The molecule has 0 aliphatic carbocycles. The third-order valence-corrected chi connectivity index (χ3v) is 3.58. The van der Waals surface area contributed by atoms with Crippen molar-refractivity contribution < 1.29 is 17.8 Å². The Morgan fingerprint density at radius 1 is 1.21 bits per heavy atom. The minimum Gasteiger partial charge on any atom is -0.621 e. The van der Waals surface area contributed by atoms with Crippen molar-refractivity contribution in [2.75, 3.05) is 7.11 Å². The highest BCUT2D eigenvalue weighted by Gasteiger charge is 2.24. The van der Waals surface area contributed by atoms with Gasteiger partial charge >= 0.3 is 0 Å². The molecule has 1 aromatic carbocycles. The summed E-state index contributed by atoms with van der Waals surface area (Å²) in [5.74, 6) is 0.687. The van der Waals surface area contributed by atoms with Gasteiger partial charge in [-0.2, -0.15) is 8.42 Å². The zero-order valence-corrected chi connectivity index (χ0v) is 11.1. The quantitative estimate of drug-likeness (QED) is 0.479. The summed E-state index contributed by atoms with van der Waals surface area (Å²) in [6.07, 6.45) is 5.72. The molecule has 19 heavy (non-hydrogen) atoms. The Morgan fingerprint density at radius 2 is 1.89 bits per heavy atom. The van der Waals surface area contributed by atoms with Crippen LogP contribution in [-0.2, 0) is 16.8 Å². The van der Waals surface area contributed by atoms with Crippen LogP contribution in [0.15, 0.2) is 48.7 Å². The van der Waals surface area contributed by atoms with Gasteiger partial charge in [-0.05, 0) is 36.4 Å². The molecule has 0 fully saturated rings. The summed E-state index contributed by atoms with van der Waals surface area (Å²) < 4.78 is 26.2. The third-order valence-electron chi connectivity index (χ3n) is 2.80. The zero-order valence-electron chi connectivity index (χ0n) is 10.3. The normalized spacial score (nSPS) is 21.5. The van der Waals surface area contributed by atoms with Crippen LogP contribution in [0.3, 0.4) is 0 Å². The van der Waals surface area contributed by atoms with Crippen LogP contribution in [-0.4, -0.2) is 25.2 Å². The van der Waals surface area contributed by atoms with E-state index in [1.807, 2.05) is 0 Å². The summed E-state index contributed by atoms with van der Waals surface area (Å²) in [5, 5.41) is 12.6. The van der Waals surface area contributed by atoms with Gasteiger partial charge in [0.15, 0.2) is 0 Å². The van der Waals surface area contributed by atoms with Crippen LogP contribution in [0, 0.1) is 5.21 Å². The maximum atomic E-state index is 12.6. The molecular formula is C13H13NO4S. The molecule has 1 aliphatic rings. The smallest absolute Gasteiger partial charge is 0.277 e. The van der Waals surface area contributed by atoms with Crippen LogP contribution in [0.4, 0.5) is 0 Å². The van der Waals surface area contributed by atoms with E-state index in [4.69, 9.17) is 4.74 Å². The first-order valence-corrected chi connectivity index (χ1v) is 6.67. The zero-order chi connectivity index (χ0) is 13.9. The molecule has 0 aromatic heterocycles.